The summed E-state index contributed by atoms with van der Waals surface area (Å²) in [5, 5.41) is 0. The maximum absolute atomic E-state index is 12.3. The third kappa shape index (κ3) is 3.99. The van der Waals surface area contributed by atoms with Crippen LogP contribution < -0.4 is 9.64 Å². The Hall–Kier alpha value is -2.41. The molecule has 0 saturated carbocycles. The Morgan fingerprint density at radius 3 is 2.16 bits per heavy atom. The molecule has 3 amide bonds. The molecule has 1 aromatic carbocycles. The van der Waals surface area contributed by atoms with Crippen LogP contribution in [0.1, 0.15) is 26.7 Å². The van der Waals surface area contributed by atoms with Crippen LogP contribution in [0.4, 0.5) is 10.5 Å². The van der Waals surface area contributed by atoms with E-state index in [9.17, 15) is 14.4 Å². The van der Waals surface area contributed by atoms with E-state index < -0.39 is 6.09 Å². The molecule has 0 atom stereocenters. The molecule has 0 aliphatic carbocycles. The molecule has 0 aromatic heterocycles. The molecule has 25 heavy (non-hydrogen) atoms. The van der Waals surface area contributed by atoms with E-state index in [0.717, 1.165) is 0 Å². The normalized spacial score (nSPS) is 20.6. The first-order chi connectivity index (χ1) is 11.9. The minimum atomic E-state index is -0.428. The van der Waals surface area contributed by atoms with Crippen LogP contribution in [0, 0.1) is 5.41 Å². The SMILES string of the molecule is CC1(C)CC(=O)N(c2ccc(OC(=O)N3CCOCC3)cc2)C(=O)C1. The number of carbonyl (C=O) groups is 3. The predicted octanol–water partition coefficient (Wildman–Crippen LogP) is 2.20. The minimum absolute atomic E-state index is 0.209. The Labute approximate surface area is 146 Å². The highest BCUT2D eigenvalue weighted by molar-refractivity contribution is 6.16. The summed E-state index contributed by atoms with van der Waals surface area (Å²) >= 11 is 0. The molecule has 2 fully saturated rings. The Balaban J connectivity index is 1.67. The van der Waals surface area contributed by atoms with Crippen molar-refractivity contribution in [2.24, 2.45) is 5.41 Å². The number of anilines is 1. The van der Waals surface area contributed by atoms with Gasteiger partial charge in [-0.05, 0) is 29.7 Å². The molecule has 0 N–H and O–H groups in total. The highest BCUT2D eigenvalue weighted by Crippen LogP contribution is 2.34. The number of piperidine rings is 1. The third-order valence-corrected chi connectivity index (χ3v) is 4.33. The highest BCUT2D eigenvalue weighted by Gasteiger charge is 2.38. The fourth-order valence-electron chi connectivity index (χ4n) is 3.04. The maximum atomic E-state index is 12.3. The number of hydrogen-bond donors (Lipinski definition) is 0. The number of imide groups is 1. The first kappa shape index (κ1) is 17.4. The van der Waals surface area contributed by atoms with Crippen LogP contribution in [0.15, 0.2) is 24.3 Å². The van der Waals surface area contributed by atoms with Crippen LogP contribution in [0.5, 0.6) is 5.75 Å². The molecule has 1 aromatic rings. The minimum Gasteiger partial charge on any atom is -0.410 e. The lowest BCUT2D eigenvalue weighted by Gasteiger charge is -2.34. The lowest BCUT2D eigenvalue weighted by Crippen LogP contribution is -2.46. The molecule has 0 unspecified atom stereocenters. The Morgan fingerprint density at radius 1 is 1.04 bits per heavy atom. The number of morpholine rings is 1. The number of amides is 3. The van der Waals surface area contributed by atoms with Gasteiger partial charge in [0.1, 0.15) is 5.75 Å². The summed E-state index contributed by atoms with van der Waals surface area (Å²) in [6.45, 7) is 5.84. The molecule has 0 radical (unpaired) electrons. The Kier molecular flexibility index (Phi) is 4.76. The predicted molar refractivity (Wildman–Crippen MR) is 90.4 cm³/mol. The van der Waals surface area contributed by atoms with Crippen LogP contribution >= 0.6 is 0 Å². The van der Waals surface area contributed by atoms with E-state index >= 15 is 0 Å². The summed E-state index contributed by atoms with van der Waals surface area (Å²) in [6, 6.07) is 6.42. The quantitative estimate of drug-likeness (QED) is 0.767. The summed E-state index contributed by atoms with van der Waals surface area (Å²) in [5.41, 5.74) is 0.190. The summed E-state index contributed by atoms with van der Waals surface area (Å²) in [7, 11) is 0. The fraction of sp³-hybridized carbons (Fsp3) is 0.500. The zero-order chi connectivity index (χ0) is 18.0. The number of carbonyl (C=O) groups excluding carboxylic acids is 3. The smallest absolute Gasteiger partial charge is 0.410 e. The van der Waals surface area contributed by atoms with Gasteiger partial charge in [-0.2, -0.15) is 0 Å². The highest BCUT2D eigenvalue weighted by atomic mass is 16.6. The fourth-order valence-corrected chi connectivity index (χ4v) is 3.04. The van der Waals surface area contributed by atoms with Gasteiger partial charge in [-0.15, -0.1) is 0 Å². The lowest BCUT2D eigenvalue weighted by atomic mass is 9.81. The van der Waals surface area contributed by atoms with Crippen molar-refractivity contribution >= 4 is 23.6 Å². The second kappa shape index (κ2) is 6.84. The summed E-state index contributed by atoms with van der Waals surface area (Å²) < 4.78 is 10.5. The van der Waals surface area contributed by atoms with Gasteiger partial charge in [-0.25, -0.2) is 4.79 Å². The number of ether oxygens (including phenoxy) is 2. The topological polar surface area (TPSA) is 76.2 Å². The van der Waals surface area contributed by atoms with Gasteiger partial charge in [0.15, 0.2) is 0 Å². The van der Waals surface area contributed by atoms with Crippen molar-refractivity contribution in [2.75, 3.05) is 31.2 Å². The molecule has 0 bridgehead atoms. The van der Waals surface area contributed by atoms with Gasteiger partial charge in [-0.3, -0.25) is 14.5 Å². The molecule has 2 aliphatic rings. The molecule has 7 heteroatoms. The monoisotopic (exact) mass is 346 g/mol. The van der Waals surface area contributed by atoms with E-state index in [-0.39, 0.29) is 17.2 Å². The second-order valence-electron chi connectivity index (χ2n) is 7.10. The van der Waals surface area contributed by atoms with Crippen LogP contribution in [0.25, 0.3) is 0 Å². The van der Waals surface area contributed by atoms with E-state index in [4.69, 9.17) is 9.47 Å². The van der Waals surface area contributed by atoms with Crippen molar-refractivity contribution < 1.29 is 23.9 Å². The molecular weight excluding hydrogens is 324 g/mol. The van der Waals surface area contributed by atoms with Gasteiger partial charge in [0, 0.05) is 25.9 Å². The number of rotatable bonds is 2. The van der Waals surface area contributed by atoms with Gasteiger partial charge in [0.05, 0.1) is 18.9 Å². The molecular formula is C18H22N2O5. The van der Waals surface area contributed by atoms with Crippen molar-refractivity contribution in [3.05, 3.63) is 24.3 Å². The first-order valence-electron chi connectivity index (χ1n) is 8.36. The molecule has 134 valence electrons. The second-order valence-corrected chi connectivity index (χ2v) is 7.10. The van der Waals surface area contributed by atoms with Crippen LogP contribution in [0.3, 0.4) is 0 Å². The van der Waals surface area contributed by atoms with Gasteiger partial charge in [0.2, 0.25) is 11.8 Å². The van der Waals surface area contributed by atoms with Crippen molar-refractivity contribution in [3.8, 4) is 5.75 Å². The van der Waals surface area contributed by atoms with Crippen molar-refractivity contribution in [1.82, 2.24) is 4.90 Å². The molecule has 3 rings (SSSR count). The van der Waals surface area contributed by atoms with E-state index in [1.54, 1.807) is 29.2 Å². The van der Waals surface area contributed by atoms with E-state index in [0.29, 0.717) is 50.6 Å². The molecule has 2 heterocycles. The summed E-state index contributed by atoms with van der Waals surface area (Å²) in [5.74, 6) is -0.0453. The molecule has 0 spiro atoms. The third-order valence-electron chi connectivity index (χ3n) is 4.33. The van der Waals surface area contributed by atoms with Crippen molar-refractivity contribution in [3.63, 3.8) is 0 Å². The molecule has 2 aliphatic heterocycles. The lowest BCUT2D eigenvalue weighted by molar-refractivity contribution is -0.132. The Morgan fingerprint density at radius 2 is 1.60 bits per heavy atom. The van der Waals surface area contributed by atoms with E-state index in [1.165, 1.54) is 4.90 Å². The molecule has 2 saturated heterocycles. The first-order valence-corrected chi connectivity index (χ1v) is 8.36. The standard InChI is InChI=1S/C18H22N2O5/c1-18(2)11-15(21)20(16(22)12-18)13-3-5-14(6-4-13)25-17(23)19-7-9-24-10-8-19/h3-6H,7-12H2,1-2H3. The number of nitrogens with zero attached hydrogens (tertiary/aromatic N) is 2. The zero-order valence-corrected chi connectivity index (χ0v) is 14.5. The maximum Gasteiger partial charge on any atom is 0.415 e. The number of hydrogen-bond acceptors (Lipinski definition) is 5. The van der Waals surface area contributed by atoms with Gasteiger partial charge in [0.25, 0.3) is 0 Å². The summed E-state index contributed by atoms with van der Waals surface area (Å²) in [4.78, 5) is 39.4. The zero-order valence-electron chi connectivity index (χ0n) is 14.5. The van der Waals surface area contributed by atoms with E-state index in [2.05, 4.69) is 0 Å². The van der Waals surface area contributed by atoms with Gasteiger partial charge < -0.3 is 14.4 Å². The van der Waals surface area contributed by atoms with Crippen LogP contribution in [-0.2, 0) is 14.3 Å². The van der Waals surface area contributed by atoms with Gasteiger partial charge >= 0.3 is 6.09 Å². The number of benzene rings is 1. The largest absolute Gasteiger partial charge is 0.415 e. The average Bonchev–Trinajstić information content (AvgIpc) is 2.55. The average molecular weight is 346 g/mol. The van der Waals surface area contributed by atoms with E-state index in [1.807, 2.05) is 13.8 Å². The van der Waals surface area contributed by atoms with Gasteiger partial charge in [-0.1, -0.05) is 13.8 Å². The molecule has 7 nitrogen and oxygen atoms in total. The summed E-state index contributed by atoms with van der Waals surface area (Å²) in [6.07, 6.45) is 0.224. The van der Waals surface area contributed by atoms with Crippen molar-refractivity contribution in [2.45, 2.75) is 26.7 Å². The van der Waals surface area contributed by atoms with Crippen LogP contribution in [-0.4, -0.2) is 49.1 Å². The van der Waals surface area contributed by atoms with Crippen LogP contribution in [0.2, 0.25) is 0 Å². The van der Waals surface area contributed by atoms with Crippen molar-refractivity contribution in [1.29, 1.82) is 0 Å². The Bertz CT molecular complexity index is 657.